The van der Waals surface area contributed by atoms with Gasteiger partial charge in [-0.05, 0) is 82.9 Å². The van der Waals surface area contributed by atoms with Crippen molar-refractivity contribution in [3.05, 3.63) is 122 Å². The lowest BCUT2D eigenvalue weighted by Crippen LogP contribution is -2.53. The molecule has 4 aromatic rings. The number of nitrogens with one attached hydrogen (secondary N) is 1. The summed E-state index contributed by atoms with van der Waals surface area (Å²) in [6, 6.07) is 24.6. The molecule has 0 saturated heterocycles. The Balaban J connectivity index is 1.82. The highest BCUT2D eigenvalue weighted by atomic mass is 79.9. The number of rotatable bonds is 14. The predicted molar refractivity (Wildman–Crippen MR) is 191 cm³/mol. The van der Waals surface area contributed by atoms with Crippen molar-refractivity contribution < 1.29 is 22.7 Å². The number of ether oxygens (including phenoxy) is 1. The van der Waals surface area contributed by atoms with Gasteiger partial charge in [0.1, 0.15) is 18.3 Å². The lowest BCUT2D eigenvalue weighted by Gasteiger charge is -2.34. The summed E-state index contributed by atoms with van der Waals surface area (Å²) in [7, 11) is -2.80. The van der Waals surface area contributed by atoms with Crippen LogP contribution in [0.25, 0.3) is 0 Å². The summed E-state index contributed by atoms with van der Waals surface area (Å²) in [5.41, 5.74) is 2.67. The van der Waals surface area contributed by atoms with Gasteiger partial charge in [-0.3, -0.25) is 13.9 Å². The molecule has 0 fully saturated rings. The molecule has 0 saturated carbocycles. The third-order valence-corrected chi connectivity index (χ3v) is 10.6. The van der Waals surface area contributed by atoms with E-state index in [0.717, 1.165) is 15.4 Å². The van der Waals surface area contributed by atoms with Gasteiger partial charge in [0.15, 0.2) is 0 Å². The molecule has 4 aromatic carbocycles. The molecule has 0 radical (unpaired) electrons. The van der Waals surface area contributed by atoms with Gasteiger partial charge >= 0.3 is 0 Å². The number of methoxy groups -OCH3 is 1. The molecule has 1 N–H and O–H groups in total. The minimum absolute atomic E-state index is 0.0252. The van der Waals surface area contributed by atoms with Crippen molar-refractivity contribution in [2.75, 3.05) is 24.5 Å². The summed E-state index contributed by atoms with van der Waals surface area (Å²) in [4.78, 5) is 29.7. The summed E-state index contributed by atoms with van der Waals surface area (Å²) in [5.74, 6) is -0.482. The zero-order chi connectivity index (χ0) is 34.1. The number of anilines is 1. The van der Waals surface area contributed by atoms with Crippen LogP contribution in [0.3, 0.4) is 0 Å². The van der Waals surface area contributed by atoms with Crippen LogP contribution in [-0.4, -0.2) is 51.4 Å². The minimum atomic E-state index is -4.29. The highest BCUT2D eigenvalue weighted by Crippen LogP contribution is 2.31. The topological polar surface area (TPSA) is 96.0 Å². The summed E-state index contributed by atoms with van der Waals surface area (Å²) in [6.07, 6.45) is 0.896. The zero-order valence-corrected chi connectivity index (χ0v) is 30.2. The number of hydrogen-bond acceptors (Lipinski definition) is 5. The maximum atomic E-state index is 14.6. The number of sulfonamides is 1. The van der Waals surface area contributed by atoms with Gasteiger partial charge in [-0.25, -0.2) is 8.42 Å². The van der Waals surface area contributed by atoms with Crippen LogP contribution < -0.4 is 14.4 Å². The summed E-state index contributed by atoms with van der Waals surface area (Å²) in [6.45, 7) is 3.63. The van der Waals surface area contributed by atoms with Crippen molar-refractivity contribution in [3.63, 3.8) is 0 Å². The first kappa shape index (κ1) is 36.3. The summed E-state index contributed by atoms with van der Waals surface area (Å²) >= 11 is 15.9. The molecule has 4 rings (SSSR count). The number of carbonyl (C=O) groups excluding carboxylic acids is 2. The molecule has 47 heavy (non-hydrogen) atoms. The molecule has 2 amide bonds. The van der Waals surface area contributed by atoms with Gasteiger partial charge in [0, 0.05) is 19.5 Å². The second-order valence-corrected chi connectivity index (χ2v) is 14.4. The Hall–Kier alpha value is -3.57. The number of halogens is 3. The van der Waals surface area contributed by atoms with Crippen LogP contribution in [0.2, 0.25) is 10.0 Å². The molecule has 0 aliphatic rings. The molecule has 0 aliphatic heterocycles. The molecular weight excluding hydrogens is 725 g/mol. The lowest BCUT2D eigenvalue weighted by atomic mass is 10.0. The molecule has 12 heteroatoms. The van der Waals surface area contributed by atoms with Crippen LogP contribution in [0.4, 0.5) is 5.69 Å². The Kier molecular flexibility index (Phi) is 12.7. The Morgan fingerprint density at radius 1 is 0.915 bits per heavy atom. The molecular formula is C35H36BrCl2N3O5S. The Morgan fingerprint density at radius 3 is 2.23 bits per heavy atom. The van der Waals surface area contributed by atoms with Gasteiger partial charge < -0.3 is 15.0 Å². The zero-order valence-electron chi connectivity index (χ0n) is 26.3. The van der Waals surface area contributed by atoms with E-state index in [4.69, 9.17) is 27.9 Å². The quantitative estimate of drug-likeness (QED) is 0.144. The first-order valence-electron chi connectivity index (χ1n) is 14.9. The largest absolute Gasteiger partial charge is 0.496 e. The fraction of sp³-hybridized carbons (Fsp3) is 0.257. The molecule has 248 valence electrons. The van der Waals surface area contributed by atoms with E-state index in [1.807, 2.05) is 44.2 Å². The Labute approximate surface area is 294 Å². The normalized spacial score (nSPS) is 11.9. The van der Waals surface area contributed by atoms with E-state index in [9.17, 15) is 18.0 Å². The van der Waals surface area contributed by atoms with Gasteiger partial charge in [-0.15, -0.1) is 0 Å². The van der Waals surface area contributed by atoms with Crippen molar-refractivity contribution in [2.45, 2.75) is 44.2 Å². The standard InChI is InChI=1S/C35H36BrCl2N3O5S/c1-4-18-39-35(43)32(20-25-8-6-5-7-9-25)40(22-26-12-16-30(37)31(38)19-26)34(42)23-41(27-13-10-24(2)11-14-27)47(44,45)28-15-17-33(46-3)29(36)21-28/h5-17,19,21,32H,4,18,20,22-23H2,1-3H3,(H,39,43)/t32-/m0/s1. The smallest absolute Gasteiger partial charge is 0.264 e. The van der Waals surface area contributed by atoms with Crippen LogP contribution in [0.5, 0.6) is 5.75 Å². The molecule has 0 aliphatic carbocycles. The SMILES string of the molecule is CCCNC(=O)[C@H](Cc1ccccc1)N(Cc1ccc(Cl)c(Cl)c1)C(=O)CN(c1ccc(C)cc1)S(=O)(=O)c1ccc(OC)c(Br)c1. The van der Waals surface area contributed by atoms with Crippen LogP contribution in [0, 0.1) is 6.92 Å². The van der Waals surface area contributed by atoms with Gasteiger partial charge in [-0.1, -0.05) is 84.2 Å². The molecule has 8 nitrogen and oxygen atoms in total. The Bertz CT molecular complexity index is 1810. The number of nitrogens with zero attached hydrogens (tertiary/aromatic N) is 2. The highest BCUT2D eigenvalue weighted by Gasteiger charge is 2.35. The van der Waals surface area contributed by atoms with Crippen molar-refractivity contribution >= 4 is 66.7 Å². The maximum absolute atomic E-state index is 14.6. The number of benzene rings is 4. The van der Waals surface area contributed by atoms with Crippen LogP contribution >= 0.6 is 39.1 Å². The first-order chi connectivity index (χ1) is 22.4. The molecule has 0 spiro atoms. The van der Waals surface area contributed by atoms with Crippen molar-refractivity contribution in [1.29, 1.82) is 0 Å². The van der Waals surface area contributed by atoms with Gasteiger partial charge in [-0.2, -0.15) is 0 Å². The average molecular weight is 762 g/mol. The number of hydrogen-bond donors (Lipinski definition) is 1. The van der Waals surface area contributed by atoms with Gasteiger partial charge in [0.05, 0.1) is 32.2 Å². The third kappa shape index (κ3) is 9.28. The summed E-state index contributed by atoms with van der Waals surface area (Å²) in [5, 5.41) is 3.57. The van der Waals surface area contributed by atoms with Crippen molar-refractivity contribution in [2.24, 2.45) is 0 Å². The van der Waals surface area contributed by atoms with E-state index in [1.165, 1.54) is 30.2 Å². The average Bonchev–Trinajstić information content (AvgIpc) is 3.06. The van der Waals surface area contributed by atoms with Crippen LogP contribution in [0.15, 0.2) is 100 Å². The third-order valence-electron chi connectivity index (χ3n) is 7.47. The minimum Gasteiger partial charge on any atom is -0.496 e. The van der Waals surface area contributed by atoms with Crippen molar-refractivity contribution in [1.82, 2.24) is 10.2 Å². The molecule has 0 aromatic heterocycles. The highest BCUT2D eigenvalue weighted by molar-refractivity contribution is 9.10. The fourth-order valence-electron chi connectivity index (χ4n) is 4.93. The van der Waals surface area contributed by atoms with Crippen molar-refractivity contribution in [3.8, 4) is 5.75 Å². The monoisotopic (exact) mass is 759 g/mol. The van der Waals surface area contributed by atoms with E-state index in [2.05, 4.69) is 21.2 Å². The van der Waals surface area contributed by atoms with Gasteiger partial charge in [0.2, 0.25) is 11.8 Å². The van der Waals surface area contributed by atoms with E-state index in [1.54, 1.807) is 42.5 Å². The summed E-state index contributed by atoms with van der Waals surface area (Å²) < 4.78 is 35.4. The Morgan fingerprint density at radius 2 is 1.62 bits per heavy atom. The molecule has 1 atom stereocenters. The van der Waals surface area contributed by atoms with E-state index in [0.29, 0.717) is 44.5 Å². The van der Waals surface area contributed by atoms with Crippen LogP contribution in [-0.2, 0) is 32.6 Å². The fourth-order valence-corrected chi connectivity index (χ4v) is 7.38. The second-order valence-electron chi connectivity index (χ2n) is 10.9. The van der Waals surface area contributed by atoms with Crippen LogP contribution in [0.1, 0.15) is 30.0 Å². The number of aryl methyl sites for hydroxylation is 1. The van der Waals surface area contributed by atoms with E-state index in [-0.39, 0.29) is 23.8 Å². The first-order valence-corrected chi connectivity index (χ1v) is 17.9. The van der Waals surface area contributed by atoms with E-state index >= 15 is 0 Å². The van der Waals surface area contributed by atoms with E-state index < -0.39 is 28.5 Å². The molecule has 0 heterocycles. The lowest BCUT2D eigenvalue weighted by molar-refractivity contribution is -0.140. The molecule has 0 bridgehead atoms. The predicted octanol–water partition coefficient (Wildman–Crippen LogP) is 7.43. The number of amides is 2. The van der Waals surface area contributed by atoms with Gasteiger partial charge in [0.25, 0.3) is 10.0 Å². The molecule has 0 unspecified atom stereocenters. The second kappa shape index (κ2) is 16.5. The maximum Gasteiger partial charge on any atom is 0.264 e. The number of carbonyl (C=O) groups is 2.